The number of carbonyl (C=O) groups excluding carboxylic acids is 1. The van der Waals surface area contributed by atoms with Crippen LogP contribution in [0.5, 0.6) is 5.75 Å². The van der Waals surface area contributed by atoms with Crippen molar-refractivity contribution in [3.8, 4) is 5.75 Å². The largest absolute Gasteiger partial charge is 0.495 e. The molecule has 0 fully saturated rings. The SMILES string of the molecule is CCC(=O)Nc1cc(S(=O)(=O)N[C@@H](C)CCc2ccccc2)ccc1OC. The highest BCUT2D eigenvalue weighted by Crippen LogP contribution is 2.27. The lowest BCUT2D eigenvalue weighted by molar-refractivity contribution is -0.115. The summed E-state index contributed by atoms with van der Waals surface area (Å²) >= 11 is 0. The first-order valence-electron chi connectivity index (χ1n) is 8.90. The molecule has 0 aliphatic heterocycles. The number of amides is 1. The van der Waals surface area contributed by atoms with Crippen LogP contribution in [0.15, 0.2) is 53.4 Å². The summed E-state index contributed by atoms with van der Waals surface area (Å²) in [5, 5.41) is 2.67. The molecule has 0 bridgehead atoms. The normalized spacial score (nSPS) is 12.4. The zero-order valence-corrected chi connectivity index (χ0v) is 16.7. The summed E-state index contributed by atoms with van der Waals surface area (Å²) in [5.74, 6) is 0.194. The minimum atomic E-state index is -3.71. The predicted molar refractivity (Wildman–Crippen MR) is 106 cm³/mol. The first kappa shape index (κ1) is 20.9. The van der Waals surface area contributed by atoms with E-state index in [2.05, 4.69) is 10.0 Å². The molecule has 0 saturated carbocycles. The fourth-order valence-corrected chi connectivity index (χ4v) is 3.91. The molecular weight excluding hydrogens is 364 g/mol. The number of hydrogen-bond donors (Lipinski definition) is 2. The molecule has 2 aromatic carbocycles. The molecule has 2 rings (SSSR count). The van der Waals surface area contributed by atoms with Gasteiger partial charge < -0.3 is 10.1 Å². The van der Waals surface area contributed by atoms with E-state index in [4.69, 9.17) is 4.74 Å². The number of ether oxygens (including phenoxy) is 1. The van der Waals surface area contributed by atoms with Gasteiger partial charge in [-0.15, -0.1) is 0 Å². The second kappa shape index (κ2) is 9.53. The lowest BCUT2D eigenvalue weighted by Gasteiger charge is -2.16. The summed E-state index contributed by atoms with van der Waals surface area (Å²) in [5.41, 5.74) is 1.50. The van der Waals surface area contributed by atoms with E-state index in [1.54, 1.807) is 6.92 Å². The molecule has 7 heteroatoms. The Hall–Kier alpha value is -2.38. The molecule has 2 aromatic rings. The Morgan fingerprint density at radius 3 is 2.48 bits per heavy atom. The Balaban J connectivity index is 2.10. The first-order valence-corrected chi connectivity index (χ1v) is 10.4. The van der Waals surface area contributed by atoms with Crippen LogP contribution >= 0.6 is 0 Å². The van der Waals surface area contributed by atoms with Gasteiger partial charge in [-0.25, -0.2) is 13.1 Å². The monoisotopic (exact) mass is 390 g/mol. The average molecular weight is 391 g/mol. The molecule has 6 nitrogen and oxygen atoms in total. The zero-order valence-electron chi connectivity index (χ0n) is 15.9. The fourth-order valence-electron chi connectivity index (χ4n) is 2.61. The highest BCUT2D eigenvalue weighted by molar-refractivity contribution is 7.89. The Bertz CT molecular complexity index is 867. The van der Waals surface area contributed by atoms with Gasteiger partial charge in [0.05, 0.1) is 17.7 Å². The Labute approximate surface area is 161 Å². The third-order valence-electron chi connectivity index (χ3n) is 4.14. The predicted octanol–water partition coefficient (Wildman–Crippen LogP) is 3.34. The molecule has 0 heterocycles. The van der Waals surface area contributed by atoms with Gasteiger partial charge >= 0.3 is 0 Å². The van der Waals surface area contributed by atoms with Gasteiger partial charge in [-0.3, -0.25) is 4.79 Å². The van der Waals surface area contributed by atoms with E-state index < -0.39 is 10.0 Å². The zero-order chi connectivity index (χ0) is 19.9. The number of nitrogens with one attached hydrogen (secondary N) is 2. The molecule has 146 valence electrons. The molecule has 0 aliphatic rings. The third-order valence-corrected chi connectivity index (χ3v) is 5.73. The molecule has 27 heavy (non-hydrogen) atoms. The number of hydrogen-bond acceptors (Lipinski definition) is 4. The minimum Gasteiger partial charge on any atom is -0.495 e. The van der Waals surface area contributed by atoms with E-state index in [1.807, 2.05) is 37.3 Å². The van der Waals surface area contributed by atoms with Crippen LogP contribution in [-0.2, 0) is 21.2 Å². The van der Waals surface area contributed by atoms with Gasteiger partial charge in [0.1, 0.15) is 5.75 Å². The number of methoxy groups -OCH3 is 1. The lowest BCUT2D eigenvalue weighted by Crippen LogP contribution is -2.33. The summed E-state index contributed by atoms with van der Waals surface area (Å²) < 4.78 is 33.3. The van der Waals surface area contributed by atoms with Crippen molar-refractivity contribution in [3.05, 3.63) is 54.1 Å². The first-order chi connectivity index (χ1) is 12.9. The van der Waals surface area contributed by atoms with Crippen molar-refractivity contribution < 1.29 is 17.9 Å². The van der Waals surface area contributed by atoms with Gasteiger partial charge in [0, 0.05) is 12.5 Å². The van der Waals surface area contributed by atoms with Crippen LogP contribution in [0.25, 0.3) is 0 Å². The maximum absolute atomic E-state index is 12.7. The number of anilines is 1. The van der Waals surface area contributed by atoms with Gasteiger partial charge in [-0.1, -0.05) is 37.3 Å². The number of carbonyl (C=O) groups is 1. The molecule has 0 spiro atoms. The summed E-state index contributed by atoms with van der Waals surface area (Å²) in [6.07, 6.45) is 1.75. The van der Waals surface area contributed by atoms with E-state index in [9.17, 15) is 13.2 Å². The van der Waals surface area contributed by atoms with Crippen LogP contribution in [0.2, 0.25) is 0 Å². The van der Waals surface area contributed by atoms with E-state index in [0.29, 0.717) is 17.9 Å². The van der Waals surface area contributed by atoms with Crippen LogP contribution in [0.3, 0.4) is 0 Å². The molecule has 0 radical (unpaired) electrons. The van der Waals surface area contributed by atoms with Crippen molar-refractivity contribution in [3.63, 3.8) is 0 Å². The molecule has 0 aliphatic carbocycles. The second-order valence-electron chi connectivity index (χ2n) is 6.31. The van der Waals surface area contributed by atoms with Crippen molar-refractivity contribution in [1.29, 1.82) is 0 Å². The number of aryl methyl sites for hydroxylation is 1. The standard InChI is InChI=1S/C20H26N2O4S/c1-4-20(23)21-18-14-17(12-13-19(18)26-3)27(24,25)22-15(2)10-11-16-8-6-5-7-9-16/h5-9,12-15,22H,4,10-11H2,1-3H3,(H,21,23)/t15-/m0/s1. The Morgan fingerprint density at radius 2 is 1.85 bits per heavy atom. The molecule has 0 unspecified atom stereocenters. The van der Waals surface area contributed by atoms with Crippen LogP contribution in [0, 0.1) is 0 Å². The van der Waals surface area contributed by atoms with Crippen molar-refractivity contribution >= 4 is 21.6 Å². The highest BCUT2D eigenvalue weighted by Gasteiger charge is 2.19. The van der Waals surface area contributed by atoms with Gasteiger partial charge in [0.15, 0.2) is 0 Å². The average Bonchev–Trinajstić information content (AvgIpc) is 2.66. The van der Waals surface area contributed by atoms with Gasteiger partial charge in [0.2, 0.25) is 15.9 Å². The third kappa shape index (κ3) is 6.08. The van der Waals surface area contributed by atoms with Crippen LogP contribution in [-0.4, -0.2) is 27.5 Å². The van der Waals surface area contributed by atoms with Crippen molar-refractivity contribution in [2.24, 2.45) is 0 Å². The quantitative estimate of drug-likeness (QED) is 0.688. The maximum atomic E-state index is 12.7. The number of sulfonamides is 1. The fraction of sp³-hybridized carbons (Fsp3) is 0.350. The van der Waals surface area contributed by atoms with Crippen molar-refractivity contribution in [2.75, 3.05) is 12.4 Å². The van der Waals surface area contributed by atoms with Crippen LogP contribution in [0.4, 0.5) is 5.69 Å². The molecular formula is C20H26N2O4S. The molecule has 1 atom stereocenters. The summed E-state index contributed by atoms with van der Waals surface area (Å²) in [7, 11) is -2.24. The van der Waals surface area contributed by atoms with Gasteiger partial charge in [0.25, 0.3) is 0 Å². The Morgan fingerprint density at radius 1 is 1.15 bits per heavy atom. The number of benzene rings is 2. The lowest BCUT2D eigenvalue weighted by atomic mass is 10.1. The van der Waals surface area contributed by atoms with Crippen molar-refractivity contribution in [1.82, 2.24) is 4.72 Å². The minimum absolute atomic E-state index is 0.0845. The molecule has 2 N–H and O–H groups in total. The molecule has 0 saturated heterocycles. The summed E-state index contributed by atoms with van der Waals surface area (Å²) in [4.78, 5) is 11.8. The Kier molecular flexibility index (Phi) is 7.38. The van der Waals surface area contributed by atoms with Crippen LogP contribution < -0.4 is 14.8 Å². The molecule has 0 aromatic heterocycles. The smallest absolute Gasteiger partial charge is 0.240 e. The van der Waals surface area contributed by atoms with Gasteiger partial charge in [-0.05, 0) is 43.5 Å². The number of rotatable bonds is 9. The van der Waals surface area contributed by atoms with E-state index in [0.717, 1.165) is 12.0 Å². The summed E-state index contributed by atoms with van der Waals surface area (Å²) in [6.45, 7) is 3.56. The maximum Gasteiger partial charge on any atom is 0.240 e. The van der Waals surface area contributed by atoms with E-state index in [-0.39, 0.29) is 23.3 Å². The summed E-state index contributed by atoms with van der Waals surface area (Å²) in [6, 6.07) is 14.1. The highest BCUT2D eigenvalue weighted by atomic mass is 32.2. The van der Waals surface area contributed by atoms with E-state index in [1.165, 1.54) is 25.3 Å². The van der Waals surface area contributed by atoms with Crippen LogP contribution in [0.1, 0.15) is 32.3 Å². The van der Waals surface area contributed by atoms with Gasteiger partial charge in [-0.2, -0.15) is 0 Å². The molecule has 1 amide bonds. The second-order valence-corrected chi connectivity index (χ2v) is 8.02. The van der Waals surface area contributed by atoms with E-state index >= 15 is 0 Å². The van der Waals surface area contributed by atoms with Crippen molar-refractivity contribution in [2.45, 2.75) is 44.0 Å². The topological polar surface area (TPSA) is 84.5 Å².